The Labute approximate surface area is 153 Å². The molecule has 1 aromatic rings. The summed E-state index contributed by atoms with van der Waals surface area (Å²) in [4.78, 5) is 27.4. The van der Waals surface area contributed by atoms with Crippen LogP contribution in [0.15, 0.2) is 18.2 Å². The van der Waals surface area contributed by atoms with Gasteiger partial charge in [0.05, 0.1) is 26.7 Å². The van der Waals surface area contributed by atoms with Crippen LogP contribution in [0, 0.1) is 0 Å². The Morgan fingerprint density at radius 2 is 2.04 bits per heavy atom. The van der Waals surface area contributed by atoms with E-state index in [1.165, 1.54) is 4.90 Å². The van der Waals surface area contributed by atoms with Gasteiger partial charge < -0.3 is 29.9 Å². The molecule has 0 saturated carbocycles. The number of benzene rings is 1. The molecule has 8 heteroatoms. The van der Waals surface area contributed by atoms with Crippen LogP contribution in [-0.4, -0.2) is 64.9 Å². The predicted octanol–water partition coefficient (Wildman–Crippen LogP) is -0.603. The molecule has 3 amide bonds. The summed E-state index contributed by atoms with van der Waals surface area (Å²) in [7, 11) is 4.16. The number of hydrogen-bond donors (Lipinski definition) is 3. The van der Waals surface area contributed by atoms with Gasteiger partial charge in [-0.25, -0.2) is 4.79 Å². The van der Waals surface area contributed by atoms with E-state index in [2.05, 4.69) is 24.7 Å². The van der Waals surface area contributed by atoms with Crippen LogP contribution < -0.4 is 29.9 Å². The smallest absolute Gasteiger partial charge is 0.315 e. The lowest BCUT2D eigenvalue weighted by molar-refractivity contribution is -0.858. The fraction of sp³-hybridized carbons (Fsp3) is 0.556. The molecular weight excluding hydrogens is 336 g/mol. The minimum atomic E-state index is -0.222. The van der Waals surface area contributed by atoms with Crippen molar-refractivity contribution in [3.8, 4) is 11.5 Å². The second-order valence-corrected chi connectivity index (χ2v) is 6.94. The van der Waals surface area contributed by atoms with Gasteiger partial charge in [-0.2, -0.15) is 0 Å². The zero-order valence-electron chi connectivity index (χ0n) is 15.3. The van der Waals surface area contributed by atoms with Gasteiger partial charge in [-0.1, -0.05) is 0 Å². The molecule has 0 spiro atoms. The van der Waals surface area contributed by atoms with Gasteiger partial charge >= 0.3 is 6.03 Å². The van der Waals surface area contributed by atoms with Crippen molar-refractivity contribution in [2.24, 2.45) is 0 Å². The zero-order chi connectivity index (χ0) is 18.5. The van der Waals surface area contributed by atoms with Gasteiger partial charge in [0.15, 0.2) is 11.5 Å². The van der Waals surface area contributed by atoms with Crippen LogP contribution in [0.25, 0.3) is 0 Å². The van der Waals surface area contributed by atoms with E-state index in [0.717, 1.165) is 18.7 Å². The highest BCUT2D eigenvalue weighted by Gasteiger charge is 2.32. The van der Waals surface area contributed by atoms with Crippen molar-refractivity contribution in [2.45, 2.75) is 18.9 Å². The van der Waals surface area contributed by atoms with Crippen molar-refractivity contribution < 1.29 is 24.0 Å². The topological polar surface area (TPSA) is 84.3 Å². The first kappa shape index (κ1) is 18.3. The Morgan fingerprint density at radius 1 is 1.27 bits per heavy atom. The number of urea groups is 1. The summed E-state index contributed by atoms with van der Waals surface area (Å²) in [6, 6.07) is 5.06. The molecule has 1 fully saturated rings. The van der Waals surface area contributed by atoms with E-state index in [4.69, 9.17) is 9.47 Å². The van der Waals surface area contributed by atoms with Gasteiger partial charge in [-0.05, 0) is 12.1 Å². The van der Waals surface area contributed by atoms with Gasteiger partial charge in [0.1, 0.15) is 13.2 Å². The third-order valence-electron chi connectivity index (χ3n) is 4.44. The molecule has 0 aromatic heterocycles. The van der Waals surface area contributed by atoms with Crippen LogP contribution in [0.3, 0.4) is 0 Å². The number of carbonyl (C=O) groups excluding carboxylic acids is 2. The van der Waals surface area contributed by atoms with Gasteiger partial charge in [0.2, 0.25) is 5.91 Å². The summed E-state index contributed by atoms with van der Waals surface area (Å²) < 4.78 is 11.1. The molecule has 8 nitrogen and oxygen atoms in total. The van der Waals surface area contributed by atoms with Crippen molar-refractivity contribution in [1.82, 2.24) is 10.6 Å². The first-order valence-electron chi connectivity index (χ1n) is 9.06. The van der Waals surface area contributed by atoms with Gasteiger partial charge in [0, 0.05) is 37.7 Å². The number of ether oxygens (including phenoxy) is 2. The maximum atomic E-state index is 12.3. The van der Waals surface area contributed by atoms with Crippen LogP contribution in [0.1, 0.15) is 12.8 Å². The maximum Gasteiger partial charge on any atom is 0.315 e. The van der Waals surface area contributed by atoms with Crippen molar-refractivity contribution in [3.63, 3.8) is 0 Å². The zero-order valence-corrected chi connectivity index (χ0v) is 15.3. The molecule has 1 saturated heterocycles. The van der Waals surface area contributed by atoms with E-state index in [1.807, 2.05) is 18.2 Å². The molecule has 142 valence electrons. The average Bonchev–Trinajstić information content (AvgIpc) is 2.98. The lowest BCUT2D eigenvalue weighted by Crippen LogP contribution is -3.05. The molecule has 1 aromatic carbocycles. The van der Waals surface area contributed by atoms with E-state index in [-0.39, 0.29) is 18.0 Å². The number of carbonyl (C=O) groups is 2. The number of anilines is 1. The monoisotopic (exact) mass is 363 g/mol. The van der Waals surface area contributed by atoms with Crippen LogP contribution in [0.4, 0.5) is 10.5 Å². The van der Waals surface area contributed by atoms with Crippen LogP contribution in [0.5, 0.6) is 11.5 Å². The van der Waals surface area contributed by atoms with Gasteiger partial charge in [0.25, 0.3) is 0 Å². The number of hydrogen-bond acceptors (Lipinski definition) is 4. The number of rotatable bonds is 6. The molecule has 0 bridgehead atoms. The first-order valence-corrected chi connectivity index (χ1v) is 9.06. The molecule has 0 radical (unpaired) electrons. The van der Waals surface area contributed by atoms with Crippen LogP contribution in [0.2, 0.25) is 0 Å². The molecule has 1 atom stereocenters. The summed E-state index contributed by atoms with van der Waals surface area (Å²) in [5, 5.41) is 5.73. The highest BCUT2D eigenvalue weighted by Crippen LogP contribution is 2.35. The fourth-order valence-corrected chi connectivity index (χ4v) is 3.13. The third-order valence-corrected chi connectivity index (χ3v) is 4.44. The summed E-state index contributed by atoms with van der Waals surface area (Å²) in [5.41, 5.74) is 0.762. The minimum absolute atomic E-state index is 0.0109. The predicted molar refractivity (Wildman–Crippen MR) is 97.0 cm³/mol. The summed E-state index contributed by atoms with van der Waals surface area (Å²) in [6.07, 6.45) is 1.21. The van der Waals surface area contributed by atoms with Crippen molar-refractivity contribution in [2.75, 3.05) is 51.8 Å². The van der Waals surface area contributed by atoms with Gasteiger partial charge in [-0.15, -0.1) is 0 Å². The second kappa shape index (κ2) is 8.27. The number of fused-ring (bicyclic) bond motifs is 1. The lowest BCUT2D eigenvalue weighted by atomic mass is 10.2. The largest absolute Gasteiger partial charge is 0.486 e. The number of nitrogens with one attached hydrogen (secondary N) is 3. The summed E-state index contributed by atoms with van der Waals surface area (Å²) in [5.74, 6) is 1.34. The Hall–Kier alpha value is -2.48. The van der Waals surface area contributed by atoms with E-state index in [9.17, 15) is 9.59 Å². The summed E-state index contributed by atoms with van der Waals surface area (Å²) >= 11 is 0. The molecule has 2 aliphatic rings. The Kier molecular flexibility index (Phi) is 5.82. The van der Waals surface area contributed by atoms with E-state index in [0.29, 0.717) is 44.2 Å². The quantitative estimate of drug-likeness (QED) is 0.589. The standard InChI is InChI=1S/C18H26N4O4/c1-21(2)7-3-6-19-18(24)20-13-10-17(23)22(12-13)14-4-5-15-16(11-14)26-9-8-25-15/h4-5,11,13H,3,6-10,12H2,1-2H3,(H2,19,20,24)/p+1/t13-/m0/s1. The van der Waals surface area contributed by atoms with Crippen molar-refractivity contribution in [3.05, 3.63) is 18.2 Å². The van der Waals surface area contributed by atoms with Crippen molar-refractivity contribution >= 4 is 17.6 Å². The normalized spacial score (nSPS) is 19.0. The number of amides is 3. The van der Waals surface area contributed by atoms with Gasteiger partial charge in [-0.3, -0.25) is 4.79 Å². The first-order chi connectivity index (χ1) is 12.5. The maximum absolute atomic E-state index is 12.3. The van der Waals surface area contributed by atoms with Crippen LogP contribution in [-0.2, 0) is 4.79 Å². The molecule has 0 unspecified atom stereocenters. The van der Waals surface area contributed by atoms with E-state index in [1.54, 1.807) is 4.90 Å². The fourth-order valence-electron chi connectivity index (χ4n) is 3.13. The Balaban J connectivity index is 1.51. The molecule has 3 rings (SSSR count). The summed E-state index contributed by atoms with van der Waals surface area (Å²) in [6.45, 7) is 3.12. The molecule has 0 aliphatic carbocycles. The molecule has 3 N–H and O–H groups in total. The molecule has 26 heavy (non-hydrogen) atoms. The molecule has 2 heterocycles. The second-order valence-electron chi connectivity index (χ2n) is 6.94. The minimum Gasteiger partial charge on any atom is -0.486 e. The highest BCUT2D eigenvalue weighted by molar-refractivity contribution is 5.97. The Bertz CT molecular complexity index is 665. The highest BCUT2D eigenvalue weighted by atomic mass is 16.6. The lowest BCUT2D eigenvalue weighted by Gasteiger charge is -2.22. The van der Waals surface area contributed by atoms with E-state index >= 15 is 0 Å². The van der Waals surface area contributed by atoms with E-state index < -0.39 is 0 Å². The third kappa shape index (κ3) is 4.57. The molecular formula is C18H27N4O4+. The SMILES string of the molecule is C[NH+](C)CCCNC(=O)N[C@H]1CC(=O)N(c2ccc3c(c2)OCCO3)C1. The Morgan fingerprint density at radius 3 is 2.81 bits per heavy atom. The number of nitrogens with zero attached hydrogens (tertiary/aromatic N) is 1. The van der Waals surface area contributed by atoms with Crippen molar-refractivity contribution in [1.29, 1.82) is 0 Å². The number of quaternary nitrogens is 1. The molecule has 2 aliphatic heterocycles. The average molecular weight is 363 g/mol. The van der Waals surface area contributed by atoms with Crippen LogP contribution >= 0.6 is 0 Å².